The third kappa shape index (κ3) is 5.92. The van der Waals surface area contributed by atoms with Gasteiger partial charge in [-0.2, -0.15) is 0 Å². The van der Waals surface area contributed by atoms with Crippen LogP contribution in [0.25, 0.3) is 6.08 Å². The molecule has 1 aliphatic rings. The van der Waals surface area contributed by atoms with E-state index in [1.165, 1.54) is 56.1 Å². The average molecular weight is 343 g/mol. The zero-order chi connectivity index (χ0) is 18.0. The van der Waals surface area contributed by atoms with Gasteiger partial charge in [-0.05, 0) is 60.6 Å². The van der Waals surface area contributed by atoms with Gasteiger partial charge in [-0.1, -0.05) is 87.3 Å². The molecule has 0 nitrogen and oxygen atoms in total. The summed E-state index contributed by atoms with van der Waals surface area (Å²) < 4.78 is 0. The molecule has 0 N–H and O–H groups in total. The zero-order valence-corrected chi connectivity index (χ0v) is 16.0. The van der Waals surface area contributed by atoms with Crippen LogP contribution in [0.3, 0.4) is 0 Å². The summed E-state index contributed by atoms with van der Waals surface area (Å²) in [5.41, 5.74) is 4.86. The first kappa shape index (κ1) is 18.5. The van der Waals surface area contributed by atoms with Gasteiger partial charge < -0.3 is 0 Å². The van der Waals surface area contributed by atoms with Gasteiger partial charge in [0, 0.05) is 11.1 Å². The molecular weight excluding hydrogens is 312 g/mol. The van der Waals surface area contributed by atoms with Gasteiger partial charge in [0.15, 0.2) is 0 Å². The van der Waals surface area contributed by atoms with E-state index in [1.807, 2.05) is 0 Å². The van der Waals surface area contributed by atoms with Gasteiger partial charge in [0.05, 0.1) is 0 Å². The minimum absolute atomic E-state index is 0.957. The lowest BCUT2D eigenvalue weighted by Crippen LogP contribution is -2.07. The maximum Gasteiger partial charge on any atom is 0.0249 e. The maximum atomic E-state index is 3.29. The summed E-state index contributed by atoms with van der Waals surface area (Å²) in [6.07, 6.45) is 15.2. The van der Waals surface area contributed by atoms with Crippen LogP contribution in [-0.2, 0) is 6.42 Å². The van der Waals surface area contributed by atoms with E-state index in [0.29, 0.717) is 0 Å². The van der Waals surface area contributed by atoms with E-state index in [4.69, 9.17) is 0 Å². The van der Waals surface area contributed by atoms with Gasteiger partial charge in [-0.3, -0.25) is 0 Å². The largest absolute Gasteiger partial charge is 0.0842 e. The van der Waals surface area contributed by atoms with E-state index in [0.717, 1.165) is 23.5 Å². The van der Waals surface area contributed by atoms with Crippen LogP contribution in [0.5, 0.6) is 0 Å². The Morgan fingerprint density at radius 3 is 2.08 bits per heavy atom. The minimum atomic E-state index is 0.957. The maximum absolute atomic E-state index is 3.29. The van der Waals surface area contributed by atoms with E-state index in [-0.39, 0.29) is 0 Å². The third-order valence-corrected chi connectivity index (χ3v) is 5.33. The molecule has 1 aliphatic carbocycles. The number of rotatable bonds is 5. The first-order valence-corrected chi connectivity index (χ1v) is 10.2. The minimum Gasteiger partial charge on any atom is -0.0842 e. The van der Waals surface area contributed by atoms with Gasteiger partial charge >= 0.3 is 0 Å². The Morgan fingerprint density at radius 2 is 1.46 bits per heavy atom. The molecule has 3 rings (SSSR count). The Kier molecular flexibility index (Phi) is 7.15. The van der Waals surface area contributed by atoms with Gasteiger partial charge in [0.2, 0.25) is 0 Å². The van der Waals surface area contributed by atoms with Crippen molar-refractivity contribution >= 4 is 6.08 Å². The van der Waals surface area contributed by atoms with E-state index < -0.39 is 0 Å². The van der Waals surface area contributed by atoms with Gasteiger partial charge in [0.1, 0.15) is 0 Å². The summed E-state index contributed by atoms with van der Waals surface area (Å²) in [4.78, 5) is 0. The van der Waals surface area contributed by atoms with E-state index >= 15 is 0 Å². The van der Waals surface area contributed by atoms with Crippen LogP contribution >= 0.6 is 0 Å². The Labute approximate surface area is 159 Å². The fraction of sp³-hybridized carbons (Fsp3) is 0.385. The molecule has 0 saturated heterocycles. The van der Waals surface area contributed by atoms with Crippen molar-refractivity contribution in [3.05, 3.63) is 76.9 Å². The van der Waals surface area contributed by atoms with Crippen molar-refractivity contribution in [3.63, 3.8) is 0 Å². The fourth-order valence-corrected chi connectivity index (χ4v) is 3.68. The number of hydrogen-bond donors (Lipinski definition) is 0. The molecule has 0 amide bonds. The molecule has 0 unspecified atom stereocenters. The molecule has 0 aliphatic heterocycles. The zero-order valence-electron chi connectivity index (χ0n) is 16.0. The predicted molar refractivity (Wildman–Crippen MR) is 113 cm³/mol. The SMILES string of the molecule is CC/C=C/c1ccc(C#Cc2ccc(CCC3CCCCC3)cc2)cc1. The number of benzene rings is 2. The molecular formula is C26H30. The van der Waals surface area contributed by atoms with Crippen molar-refractivity contribution in [1.82, 2.24) is 0 Å². The highest BCUT2D eigenvalue weighted by molar-refractivity contribution is 5.52. The van der Waals surface area contributed by atoms with E-state index in [9.17, 15) is 0 Å². The molecule has 2 aromatic carbocycles. The fourth-order valence-electron chi connectivity index (χ4n) is 3.68. The first-order valence-electron chi connectivity index (χ1n) is 10.2. The standard InChI is InChI=1S/C26H30/c1-2-3-7-23-11-14-25(15-12-23)18-21-26-19-16-24(17-20-26)13-10-22-8-5-4-6-9-22/h3,7,11-12,14-17,19-20,22H,2,4-6,8-10,13H2,1H3/b7-3+. The van der Waals surface area contributed by atoms with Gasteiger partial charge in [0.25, 0.3) is 0 Å². The van der Waals surface area contributed by atoms with Crippen LogP contribution in [0.1, 0.15) is 74.1 Å². The van der Waals surface area contributed by atoms with Crippen molar-refractivity contribution in [2.75, 3.05) is 0 Å². The lowest BCUT2D eigenvalue weighted by molar-refractivity contribution is 0.339. The van der Waals surface area contributed by atoms with Gasteiger partial charge in [-0.15, -0.1) is 0 Å². The van der Waals surface area contributed by atoms with Crippen LogP contribution in [0.2, 0.25) is 0 Å². The second-order valence-electron chi connectivity index (χ2n) is 7.42. The molecule has 1 saturated carbocycles. The topological polar surface area (TPSA) is 0 Å². The lowest BCUT2D eigenvalue weighted by atomic mass is 9.85. The normalized spacial score (nSPS) is 15.0. The first-order chi connectivity index (χ1) is 12.8. The summed E-state index contributed by atoms with van der Waals surface area (Å²) in [5, 5.41) is 0. The van der Waals surface area contributed by atoms with E-state index in [1.54, 1.807) is 0 Å². The van der Waals surface area contributed by atoms with Crippen molar-refractivity contribution in [1.29, 1.82) is 0 Å². The second-order valence-corrected chi connectivity index (χ2v) is 7.42. The number of aryl methyl sites for hydroxylation is 1. The molecule has 2 aromatic rings. The Balaban J connectivity index is 1.54. The highest BCUT2D eigenvalue weighted by atomic mass is 14.2. The molecule has 0 heterocycles. The highest BCUT2D eigenvalue weighted by Crippen LogP contribution is 2.27. The van der Waals surface area contributed by atoms with Gasteiger partial charge in [-0.25, -0.2) is 0 Å². The average Bonchev–Trinajstić information content (AvgIpc) is 2.71. The van der Waals surface area contributed by atoms with Crippen LogP contribution in [0.4, 0.5) is 0 Å². The smallest absolute Gasteiger partial charge is 0.0249 e. The van der Waals surface area contributed by atoms with Crippen molar-refractivity contribution < 1.29 is 0 Å². The molecule has 0 aromatic heterocycles. The predicted octanol–water partition coefficient (Wildman–Crippen LogP) is 7.02. The van der Waals surface area contributed by atoms with E-state index in [2.05, 4.69) is 79.4 Å². The lowest BCUT2D eigenvalue weighted by Gasteiger charge is -2.21. The van der Waals surface area contributed by atoms with Crippen molar-refractivity contribution in [2.24, 2.45) is 5.92 Å². The monoisotopic (exact) mass is 342 g/mol. The molecule has 0 radical (unpaired) electrons. The quantitative estimate of drug-likeness (QED) is 0.512. The molecule has 0 heteroatoms. The van der Waals surface area contributed by atoms with Crippen molar-refractivity contribution in [3.8, 4) is 11.8 Å². The summed E-state index contributed by atoms with van der Waals surface area (Å²) in [6, 6.07) is 17.3. The molecule has 1 fully saturated rings. The van der Waals surface area contributed by atoms with Crippen LogP contribution in [-0.4, -0.2) is 0 Å². The summed E-state index contributed by atoms with van der Waals surface area (Å²) in [6.45, 7) is 2.15. The van der Waals surface area contributed by atoms with Crippen LogP contribution in [0, 0.1) is 17.8 Å². The molecule has 134 valence electrons. The summed E-state index contributed by atoms with van der Waals surface area (Å²) >= 11 is 0. The Hall–Kier alpha value is -2.26. The molecule has 26 heavy (non-hydrogen) atoms. The number of allylic oxidation sites excluding steroid dienone is 1. The molecule has 0 atom stereocenters. The van der Waals surface area contributed by atoms with Crippen molar-refractivity contribution in [2.45, 2.75) is 58.3 Å². The Morgan fingerprint density at radius 1 is 0.846 bits per heavy atom. The summed E-state index contributed by atoms with van der Waals surface area (Å²) in [5.74, 6) is 7.52. The van der Waals surface area contributed by atoms with Crippen LogP contribution < -0.4 is 0 Å². The van der Waals surface area contributed by atoms with Crippen LogP contribution in [0.15, 0.2) is 54.6 Å². The Bertz CT molecular complexity index is 744. The third-order valence-electron chi connectivity index (χ3n) is 5.33. The molecule has 0 spiro atoms. The summed E-state index contributed by atoms with van der Waals surface area (Å²) in [7, 11) is 0. The highest BCUT2D eigenvalue weighted by Gasteiger charge is 2.12. The number of hydrogen-bond acceptors (Lipinski definition) is 0. The second kappa shape index (κ2) is 10.0. The molecule has 0 bridgehead atoms.